The van der Waals surface area contributed by atoms with Crippen LogP contribution in [-0.4, -0.2) is 80.4 Å². The third-order valence-electron chi connectivity index (χ3n) is 3.98. The van der Waals surface area contributed by atoms with Gasteiger partial charge in [0, 0.05) is 45.5 Å². The van der Waals surface area contributed by atoms with Crippen molar-refractivity contribution in [1.82, 2.24) is 15.1 Å². The standard InChI is InChI=1S/C16H26N4O3/c1-13-11-20(12-14(2)23-13)16(21)15(9-17)10-18-3-4-19-5-7-22-8-6-19/h10,13-14,18H,3-8,11-12H2,1-2H3/b15-10-. The molecule has 2 saturated heterocycles. The molecule has 2 rings (SSSR count). The predicted octanol–water partition coefficient (Wildman–Crippen LogP) is -0.0485. The maximum Gasteiger partial charge on any atom is 0.266 e. The summed E-state index contributed by atoms with van der Waals surface area (Å²) in [6.07, 6.45) is 1.53. The highest BCUT2D eigenvalue weighted by molar-refractivity contribution is 5.97. The van der Waals surface area contributed by atoms with Gasteiger partial charge in [-0.05, 0) is 13.8 Å². The van der Waals surface area contributed by atoms with E-state index in [0.29, 0.717) is 19.6 Å². The zero-order valence-corrected chi connectivity index (χ0v) is 14.0. The molecule has 0 aromatic carbocycles. The van der Waals surface area contributed by atoms with E-state index in [4.69, 9.17) is 9.47 Å². The van der Waals surface area contributed by atoms with Crippen LogP contribution in [0.1, 0.15) is 13.8 Å². The molecule has 1 amide bonds. The Kier molecular flexibility index (Phi) is 6.84. The van der Waals surface area contributed by atoms with Gasteiger partial charge in [0.05, 0.1) is 25.4 Å². The fourth-order valence-electron chi connectivity index (χ4n) is 2.88. The second-order valence-electron chi connectivity index (χ2n) is 6.05. The SMILES string of the molecule is CC1CN(C(=O)/C(C#N)=C\NCCN2CCOCC2)CC(C)O1. The lowest BCUT2D eigenvalue weighted by atomic mass is 10.2. The topological polar surface area (TPSA) is 77.8 Å². The number of morpholine rings is 2. The molecule has 0 bridgehead atoms. The van der Waals surface area contributed by atoms with Crippen molar-refractivity contribution in [3.8, 4) is 6.07 Å². The zero-order chi connectivity index (χ0) is 16.7. The molecule has 7 nitrogen and oxygen atoms in total. The number of carbonyl (C=O) groups is 1. The van der Waals surface area contributed by atoms with E-state index in [9.17, 15) is 10.1 Å². The fraction of sp³-hybridized carbons (Fsp3) is 0.750. The van der Waals surface area contributed by atoms with E-state index in [1.54, 1.807) is 4.90 Å². The minimum atomic E-state index is -0.228. The molecule has 0 saturated carbocycles. The van der Waals surface area contributed by atoms with Gasteiger partial charge in [-0.2, -0.15) is 5.26 Å². The number of carbonyl (C=O) groups excluding carboxylic acids is 1. The first-order valence-corrected chi connectivity index (χ1v) is 8.18. The second-order valence-corrected chi connectivity index (χ2v) is 6.05. The summed E-state index contributed by atoms with van der Waals surface area (Å²) in [7, 11) is 0. The monoisotopic (exact) mass is 322 g/mol. The molecule has 0 radical (unpaired) electrons. The summed E-state index contributed by atoms with van der Waals surface area (Å²) in [5, 5.41) is 12.3. The minimum absolute atomic E-state index is 0.00285. The van der Waals surface area contributed by atoms with E-state index < -0.39 is 0 Å². The molecule has 0 aliphatic carbocycles. The number of amides is 1. The summed E-state index contributed by atoms with van der Waals surface area (Å²) in [6.45, 7) is 9.89. The van der Waals surface area contributed by atoms with E-state index >= 15 is 0 Å². The Morgan fingerprint density at radius 1 is 1.30 bits per heavy atom. The maximum atomic E-state index is 12.4. The number of rotatable bonds is 5. The lowest BCUT2D eigenvalue weighted by molar-refractivity contribution is -0.138. The highest BCUT2D eigenvalue weighted by Gasteiger charge is 2.27. The molecule has 7 heteroatoms. The van der Waals surface area contributed by atoms with Gasteiger partial charge in [0.15, 0.2) is 0 Å². The molecular weight excluding hydrogens is 296 g/mol. The fourth-order valence-corrected chi connectivity index (χ4v) is 2.88. The maximum absolute atomic E-state index is 12.4. The van der Waals surface area contributed by atoms with Crippen LogP contribution >= 0.6 is 0 Å². The van der Waals surface area contributed by atoms with Gasteiger partial charge < -0.3 is 19.7 Å². The Bertz CT molecular complexity index is 458. The van der Waals surface area contributed by atoms with E-state index in [-0.39, 0.29) is 23.7 Å². The van der Waals surface area contributed by atoms with Gasteiger partial charge in [-0.1, -0.05) is 0 Å². The quantitative estimate of drug-likeness (QED) is 0.434. The van der Waals surface area contributed by atoms with Crippen LogP contribution in [0, 0.1) is 11.3 Å². The number of hydrogen-bond acceptors (Lipinski definition) is 6. The van der Waals surface area contributed by atoms with Gasteiger partial charge >= 0.3 is 0 Å². The summed E-state index contributed by atoms with van der Waals surface area (Å²) in [5.41, 5.74) is 0.147. The molecule has 2 atom stereocenters. The van der Waals surface area contributed by atoms with Crippen LogP contribution < -0.4 is 5.32 Å². The highest BCUT2D eigenvalue weighted by atomic mass is 16.5. The van der Waals surface area contributed by atoms with Crippen molar-refractivity contribution in [3.63, 3.8) is 0 Å². The number of ether oxygens (including phenoxy) is 2. The van der Waals surface area contributed by atoms with Crippen LogP contribution in [0.3, 0.4) is 0 Å². The Hall–Kier alpha value is -1.62. The van der Waals surface area contributed by atoms with Crippen LogP contribution in [0.15, 0.2) is 11.8 Å². The molecule has 2 fully saturated rings. The lowest BCUT2D eigenvalue weighted by Crippen LogP contribution is -2.48. The molecule has 2 unspecified atom stereocenters. The summed E-state index contributed by atoms with van der Waals surface area (Å²) in [5.74, 6) is -0.228. The van der Waals surface area contributed by atoms with Crippen molar-refractivity contribution in [3.05, 3.63) is 11.8 Å². The molecule has 2 heterocycles. The first-order valence-electron chi connectivity index (χ1n) is 8.18. The Labute approximate surface area is 137 Å². The summed E-state index contributed by atoms with van der Waals surface area (Å²) in [4.78, 5) is 16.4. The van der Waals surface area contributed by atoms with Crippen molar-refractivity contribution >= 4 is 5.91 Å². The van der Waals surface area contributed by atoms with Crippen LogP contribution in [0.5, 0.6) is 0 Å². The van der Waals surface area contributed by atoms with Gasteiger partial charge in [-0.25, -0.2) is 0 Å². The first-order chi connectivity index (χ1) is 11.1. The van der Waals surface area contributed by atoms with E-state index in [1.807, 2.05) is 19.9 Å². The summed E-state index contributed by atoms with van der Waals surface area (Å²) < 4.78 is 10.9. The zero-order valence-electron chi connectivity index (χ0n) is 14.0. The van der Waals surface area contributed by atoms with Gasteiger partial charge in [0.25, 0.3) is 5.91 Å². The van der Waals surface area contributed by atoms with Gasteiger partial charge in [-0.15, -0.1) is 0 Å². The molecule has 2 aliphatic rings. The first kappa shape index (κ1) is 17.7. The Morgan fingerprint density at radius 2 is 1.96 bits per heavy atom. The van der Waals surface area contributed by atoms with Crippen LogP contribution in [0.2, 0.25) is 0 Å². The van der Waals surface area contributed by atoms with Gasteiger partial charge in [0.1, 0.15) is 11.6 Å². The van der Waals surface area contributed by atoms with Gasteiger partial charge in [-0.3, -0.25) is 9.69 Å². The molecule has 0 spiro atoms. The Balaban J connectivity index is 1.80. The van der Waals surface area contributed by atoms with Gasteiger partial charge in [0.2, 0.25) is 0 Å². The van der Waals surface area contributed by atoms with Crippen molar-refractivity contribution in [2.24, 2.45) is 0 Å². The minimum Gasteiger partial charge on any atom is -0.388 e. The highest BCUT2D eigenvalue weighted by Crippen LogP contribution is 2.13. The number of nitrogens with one attached hydrogen (secondary N) is 1. The smallest absolute Gasteiger partial charge is 0.266 e. The van der Waals surface area contributed by atoms with Crippen LogP contribution in [0.4, 0.5) is 0 Å². The molecule has 0 aromatic rings. The third-order valence-corrected chi connectivity index (χ3v) is 3.98. The van der Waals surface area contributed by atoms with E-state index in [2.05, 4.69) is 10.2 Å². The summed E-state index contributed by atoms with van der Waals surface area (Å²) >= 11 is 0. The molecule has 1 N–H and O–H groups in total. The third kappa shape index (κ3) is 5.50. The van der Waals surface area contributed by atoms with E-state index in [1.165, 1.54) is 6.20 Å². The summed E-state index contributed by atoms with van der Waals surface area (Å²) in [6, 6.07) is 2.00. The average Bonchev–Trinajstić information content (AvgIpc) is 2.54. The Morgan fingerprint density at radius 3 is 2.57 bits per heavy atom. The van der Waals surface area contributed by atoms with Crippen molar-refractivity contribution in [2.45, 2.75) is 26.1 Å². The number of nitriles is 1. The van der Waals surface area contributed by atoms with Crippen LogP contribution in [0.25, 0.3) is 0 Å². The molecular formula is C16H26N4O3. The van der Waals surface area contributed by atoms with Crippen molar-refractivity contribution < 1.29 is 14.3 Å². The number of hydrogen-bond donors (Lipinski definition) is 1. The molecule has 2 aliphatic heterocycles. The van der Waals surface area contributed by atoms with Crippen LogP contribution in [-0.2, 0) is 14.3 Å². The van der Waals surface area contributed by atoms with E-state index in [0.717, 1.165) is 32.8 Å². The molecule has 23 heavy (non-hydrogen) atoms. The normalized spacial score (nSPS) is 26.7. The molecule has 128 valence electrons. The lowest BCUT2D eigenvalue weighted by Gasteiger charge is -2.35. The number of nitrogens with zero attached hydrogens (tertiary/aromatic N) is 3. The predicted molar refractivity (Wildman–Crippen MR) is 85.5 cm³/mol. The van der Waals surface area contributed by atoms with Crippen molar-refractivity contribution in [1.29, 1.82) is 5.26 Å². The average molecular weight is 322 g/mol. The van der Waals surface area contributed by atoms with Crippen molar-refractivity contribution in [2.75, 3.05) is 52.5 Å². The second kappa shape index (κ2) is 8.87. The largest absolute Gasteiger partial charge is 0.388 e. The molecule has 0 aromatic heterocycles.